The monoisotopic (exact) mass is 516 g/mol. The van der Waals surface area contributed by atoms with Crippen LogP contribution in [0.15, 0.2) is 41.2 Å². The summed E-state index contributed by atoms with van der Waals surface area (Å²) >= 11 is 0. The molecule has 0 radical (unpaired) electrons. The second-order valence-corrected chi connectivity index (χ2v) is 10.4. The molecule has 2 aliphatic rings. The second-order valence-electron chi connectivity index (χ2n) is 10.4. The highest BCUT2D eigenvalue weighted by molar-refractivity contribution is 5.86. The van der Waals surface area contributed by atoms with Crippen molar-refractivity contribution in [2.24, 2.45) is 13.0 Å². The summed E-state index contributed by atoms with van der Waals surface area (Å²) in [4.78, 5) is 26.5. The van der Waals surface area contributed by atoms with Crippen LogP contribution in [-0.4, -0.2) is 64.4 Å². The van der Waals surface area contributed by atoms with E-state index in [2.05, 4.69) is 70.9 Å². The summed E-state index contributed by atoms with van der Waals surface area (Å²) in [6.45, 7) is 10.4. The Morgan fingerprint density at radius 3 is 2.53 bits per heavy atom. The molecule has 1 unspecified atom stereocenters. The second kappa shape index (κ2) is 11.1. The Kier molecular flexibility index (Phi) is 7.63. The van der Waals surface area contributed by atoms with Crippen LogP contribution in [0.4, 0.5) is 5.82 Å². The summed E-state index contributed by atoms with van der Waals surface area (Å²) in [5.41, 5.74) is 2.55. The quantitative estimate of drug-likeness (QED) is 0.448. The third-order valence-corrected chi connectivity index (χ3v) is 7.92. The average Bonchev–Trinajstić information content (AvgIpc) is 2.91. The minimum Gasteiger partial charge on any atom is -0.493 e. The molecule has 1 aromatic carbocycles. The lowest BCUT2D eigenvalue weighted by molar-refractivity contribution is -0.0508. The molecule has 9 nitrogen and oxygen atoms in total. The predicted molar refractivity (Wildman–Crippen MR) is 146 cm³/mol. The molecule has 2 aliphatic heterocycles. The number of aromatic nitrogens is 3. The van der Waals surface area contributed by atoms with Gasteiger partial charge in [0.1, 0.15) is 23.0 Å². The SMILES string of the molecule is CCC(c1ccc(OCC2COC2)cc1)N1C[C@H](C)N(c2nc(=O)n(C)c3ccc(C#N)nc23)C[C@@H]1CC. The van der Waals surface area contributed by atoms with Crippen LogP contribution in [0.2, 0.25) is 0 Å². The zero-order chi connectivity index (χ0) is 26.8. The molecule has 3 aromatic rings. The van der Waals surface area contributed by atoms with E-state index in [0.29, 0.717) is 35.1 Å². The lowest BCUT2D eigenvalue weighted by Crippen LogP contribution is -2.58. The molecule has 9 heteroatoms. The highest BCUT2D eigenvalue weighted by Crippen LogP contribution is 2.34. The fourth-order valence-electron chi connectivity index (χ4n) is 5.62. The van der Waals surface area contributed by atoms with Gasteiger partial charge >= 0.3 is 5.69 Å². The summed E-state index contributed by atoms with van der Waals surface area (Å²) in [5, 5.41) is 9.44. The molecule has 38 heavy (non-hydrogen) atoms. The lowest BCUT2D eigenvalue weighted by atomic mass is 9.96. The van der Waals surface area contributed by atoms with Crippen molar-refractivity contribution in [3.63, 3.8) is 0 Å². The minimum atomic E-state index is -0.319. The molecule has 0 spiro atoms. The first-order valence-corrected chi connectivity index (χ1v) is 13.5. The summed E-state index contributed by atoms with van der Waals surface area (Å²) in [6.07, 6.45) is 1.95. The van der Waals surface area contributed by atoms with Gasteiger partial charge < -0.3 is 14.4 Å². The van der Waals surface area contributed by atoms with Gasteiger partial charge in [0.2, 0.25) is 0 Å². The molecule has 0 saturated carbocycles. The van der Waals surface area contributed by atoms with Crippen LogP contribution < -0.4 is 15.3 Å². The molecule has 0 bridgehead atoms. The van der Waals surface area contributed by atoms with Crippen LogP contribution in [-0.2, 0) is 11.8 Å². The number of ether oxygens (including phenoxy) is 2. The summed E-state index contributed by atoms with van der Waals surface area (Å²) < 4.78 is 12.7. The Balaban J connectivity index is 1.39. The molecule has 4 heterocycles. The van der Waals surface area contributed by atoms with Crippen LogP contribution >= 0.6 is 0 Å². The van der Waals surface area contributed by atoms with E-state index in [1.165, 1.54) is 10.1 Å². The Morgan fingerprint density at radius 2 is 1.89 bits per heavy atom. The average molecular weight is 517 g/mol. The van der Waals surface area contributed by atoms with E-state index in [0.717, 1.165) is 44.9 Å². The fourth-order valence-corrected chi connectivity index (χ4v) is 5.62. The molecular weight excluding hydrogens is 480 g/mol. The topological polar surface area (TPSA) is 96.5 Å². The highest BCUT2D eigenvalue weighted by Gasteiger charge is 2.36. The molecule has 0 N–H and O–H groups in total. The van der Waals surface area contributed by atoms with Crippen molar-refractivity contribution in [1.82, 2.24) is 19.4 Å². The first-order chi connectivity index (χ1) is 18.4. The number of hydrogen-bond acceptors (Lipinski definition) is 8. The van der Waals surface area contributed by atoms with Gasteiger partial charge in [-0.1, -0.05) is 26.0 Å². The van der Waals surface area contributed by atoms with Crippen LogP contribution in [0.25, 0.3) is 11.0 Å². The number of hydrogen-bond donors (Lipinski definition) is 0. The van der Waals surface area contributed by atoms with Crippen molar-refractivity contribution in [1.29, 1.82) is 5.26 Å². The summed E-state index contributed by atoms with van der Waals surface area (Å²) in [6, 6.07) is 14.7. The van der Waals surface area contributed by atoms with E-state index < -0.39 is 0 Å². The highest BCUT2D eigenvalue weighted by atomic mass is 16.5. The van der Waals surface area contributed by atoms with Gasteiger partial charge in [0.05, 0.1) is 25.3 Å². The molecule has 5 rings (SSSR count). The predicted octanol–water partition coefficient (Wildman–Crippen LogP) is 3.67. The minimum absolute atomic E-state index is 0.106. The number of fused-ring (bicyclic) bond motifs is 1. The van der Waals surface area contributed by atoms with E-state index in [-0.39, 0.29) is 23.8 Å². The summed E-state index contributed by atoms with van der Waals surface area (Å²) in [5.74, 6) is 1.96. The van der Waals surface area contributed by atoms with E-state index in [9.17, 15) is 10.1 Å². The van der Waals surface area contributed by atoms with E-state index >= 15 is 0 Å². The maximum atomic E-state index is 12.7. The van der Waals surface area contributed by atoms with Crippen molar-refractivity contribution >= 4 is 16.9 Å². The van der Waals surface area contributed by atoms with Gasteiger partial charge in [-0.05, 0) is 49.6 Å². The Bertz CT molecular complexity index is 1380. The van der Waals surface area contributed by atoms with E-state index in [1.54, 1.807) is 19.2 Å². The molecule has 0 amide bonds. The number of piperazine rings is 1. The maximum Gasteiger partial charge on any atom is 0.349 e. The zero-order valence-electron chi connectivity index (χ0n) is 22.6. The van der Waals surface area contributed by atoms with Gasteiger partial charge in [-0.2, -0.15) is 10.2 Å². The van der Waals surface area contributed by atoms with Crippen molar-refractivity contribution in [2.45, 2.75) is 51.7 Å². The first kappa shape index (κ1) is 26.1. The number of benzene rings is 1. The number of aryl methyl sites for hydroxylation is 1. The third-order valence-electron chi connectivity index (χ3n) is 7.92. The normalized spacial score (nSPS) is 21.2. The van der Waals surface area contributed by atoms with Crippen LogP contribution in [0.5, 0.6) is 5.75 Å². The van der Waals surface area contributed by atoms with E-state index in [1.807, 2.05) is 0 Å². The lowest BCUT2D eigenvalue weighted by Gasteiger charge is -2.49. The van der Waals surface area contributed by atoms with Crippen molar-refractivity contribution in [3.8, 4) is 11.8 Å². The maximum absolute atomic E-state index is 12.7. The van der Waals surface area contributed by atoms with Crippen LogP contribution in [0, 0.1) is 17.2 Å². The number of nitriles is 1. The van der Waals surface area contributed by atoms with Crippen LogP contribution in [0.3, 0.4) is 0 Å². The number of nitrogens with zero attached hydrogens (tertiary/aromatic N) is 6. The molecular formula is C29H36N6O3. The Labute approximate surface area is 223 Å². The van der Waals surface area contributed by atoms with E-state index in [4.69, 9.17) is 9.47 Å². The summed E-state index contributed by atoms with van der Waals surface area (Å²) in [7, 11) is 1.69. The van der Waals surface area contributed by atoms with Crippen molar-refractivity contribution < 1.29 is 9.47 Å². The smallest absolute Gasteiger partial charge is 0.349 e. The zero-order valence-corrected chi connectivity index (χ0v) is 22.6. The Hall–Kier alpha value is -3.48. The molecule has 2 fully saturated rings. The first-order valence-electron chi connectivity index (χ1n) is 13.5. The van der Waals surface area contributed by atoms with Crippen molar-refractivity contribution in [3.05, 3.63) is 58.1 Å². The molecule has 2 saturated heterocycles. The van der Waals surface area contributed by atoms with Gasteiger partial charge in [-0.15, -0.1) is 0 Å². The molecule has 200 valence electrons. The molecule has 3 atom stereocenters. The van der Waals surface area contributed by atoms with Crippen LogP contribution in [0.1, 0.15) is 50.9 Å². The van der Waals surface area contributed by atoms with Gasteiger partial charge in [-0.3, -0.25) is 9.47 Å². The Morgan fingerprint density at radius 1 is 1.13 bits per heavy atom. The van der Waals surface area contributed by atoms with Gasteiger partial charge in [0.25, 0.3) is 0 Å². The largest absolute Gasteiger partial charge is 0.493 e. The standard InChI is InChI=1S/C29H36N6O3/c1-5-23-15-34(28-27-26(33(4)29(36)32-28)12-9-22(13-30)31-27)19(3)14-35(23)25(6-2)21-7-10-24(11-8-21)38-18-20-16-37-17-20/h7-12,19-20,23,25H,5-6,14-18H2,1-4H3/t19-,23-,25?/m0/s1. The molecule has 0 aliphatic carbocycles. The van der Waals surface area contributed by atoms with Crippen molar-refractivity contribution in [2.75, 3.05) is 37.8 Å². The van der Waals surface area contributed by atoms with Gasteiger partial charge in [0.15, 0.2) is 5.82 Å². The molecule has 2 aromatic heterocycles. The van der Waals surface area contributed by atoms with Gasteiger partial charge in [-0.25, -0.2) is 9.78 Å². The van der Waals surface area contributed by atoms with Gasteiger partial charge in [0, 0.05) is 44.2 Å². The number of pyridine rings is 1. The third kappa shape index (κ3) is 4.98. The fraction of sp³-hybridized carbons (Fsp3) is 0.517. The number of anilines is 1. The number of rotatable bonds is 8.